The van der Waals surface area contributed by atoms with Crippen LogP contribution in [0.1, 0.15) is 38.8 Å². The molecule has 0 saturated heterocycles. The fourth-order valence-corrected chi connectivity index (χ4v) is 2.35. The van der Waals surface area contributed by atoms with Crippen LogP contribution in [0.3, 0.4) is 0 Å². The SMILES string of the molecule is C=CCN(CCC)c1c(F)cccc1C(C)NCC. The lowest BCUT2D eigenvalue weighted by atomic mass is 10.0. The Morgan fingerprint density at radius 1 is 1.42 bits per heavy atom. The van der Waals surface area contributed by atoms with Crippen LogP contribution in [0.4, 0.5) is 10.1 Å². The molecule has 0 saturated carbocycles. The summed E-state index contributed by atoms with van der Waals surface area (Å²) in [7, 11) is 0. The minimum absolute atomic E-state index is 0.139. The summed E-state index contributed by atoms with van der Waals surface area (Å²) in [5, 5.41) is 3.35. The standard InChI is InChI=1S/C16H25FN2/c1-5-11-19(12-6-2)16-14(13(4)18-7-3)9-8-10-15(16)17/h5,8-10,13,18H,1,6-7,11-12H2,2-4H3. The first-order valence-corrected chi connectivity index (χ1v) is 7.03. The summed E-state index contributed by atoms with van der Waals surface area (Å²) in [5.41, 5.74) is 1.72. The average Bonchev–Trinajstić information content (AvgIpc) is 2.38. The molecule has 1 unspecified atom stereocenters. The number of hydrogen-bond acceptors (Lipinski definition) is 2. The topological polar surface area (TPSA) is 15.3 Å². The summed E-state index contributed by atoms with van der Waals surface area (Å²) in [6.07, 6.45) is 2.81. The Balaban J connectivity index is 3.17. The summed E-state index contributed by atoms with van der Waals surface area (Å²) >= 11 is 0. The average molecular weight is 264 g/mol. The molecule has 0 spiro atoms. The molecule has 2 nitrogen and oxygen atoms in total. The maximum absolute atomic E-state index is 14.2. The van der Waals surface area contributed by atoms with Gasteiger partial charge in [0, 0.05) is 19.1 Å². The number of para-hydroxylation sites is 1. The Bertz CT molecular complexity index is 404. The molecule has 0 aliphatic carbocycles. The van der Waals surface area contributed by atoms with Crippen LogP contribution in [0.5, 0.6) is 0 Å². The second-order valence-electron chi connectivity index (χ2n) is 4.69. The van der Waals surface area contributed by atoms with E-state index < -0.39 is 0 Å². The van der Waals surface area contributed by atoms with E-state index in [1.54, 1.807) is 6.07 Å². The van der Waals surface area contributed by atoms with E-state index in [2.05, 4.69) is 37.6 Å². The van der Waals surface area contributed by atoms with Crippen LogP contribution < -0.4 is 10.2 Å². The number of halogens is 1. The predicted octanol–water partition coefficient (Wildman–Crippen LogP) is 3.90. The molecule has 1 aromatic rings. The quantitative estimate of drug-likeness (QED) is 0.716. The summed E-state index contributed by atoms with van der Waals surface area (Å²) in [6, 6.07) is 5.45. The molecular formula is C16H25FN2. The normalized spacial score (nSPS) is 12.2. The fraction of sp³-hybridized carbons (Fsp3) is 0.500. The third kappa shape index (κ3) is 4.06. The Labute approximate surface area is 116 Å². The largest absolute Gasteiger partial charge is 0.365 e. The lowest BCUT2D eigenvalue weighted by molar-refractivity contribution is 0.577. The smallest absolute Gasteiger partial charge is 0.146 e. The van der Waals surface area contributed by atoms with Crippen LogP contribution in [0, 0.1) is 5.82 Å². The molecule has 106 valence electrons. The van der Waals surface area contributed by atoms with Crippen LogP contribution in [-0.4, -0.2) is 19.6 Å². The first-order valence-electron chi connectivity index (χ1n) is 7.03. The van der Waals surface area contributed by atoms with Crippen molar-refractivity contribution in [1.29, 1.82) is 0 Å². The molecule has 0 aliphatic heterocycles. The van der Waals surface area contributed by atoms with Gasteiger partial charge in [-0.15, -0.1) is 6.58 Å². The molecule has 0 radical (unpaired) electrons. The zero-order valence-corrected chi connectivity index (χ0v) is 12.2. The summed E-state index contributed by atoms with van der Waals surface area (Å²) in [6.45, 7) is 12.4. The number of rotatable bonds is 8. The van der Waals surface area contributed by atoms with E-state index in [1.165, 1.54) is 6.07 Å². The van der Waals surface area contributed by atoms with Crippen molar-refractivity contribution in [2.24, 2.45) is 0 Å². The second kappa shape index (κ2) is 7.95. The van der Waals surface area contributed by atoms with Crippen molar-refractivity contribution in [3.63, 3.8) is 0 Å². The molecule has 1 atom stereocenters. The van der Waals surface area contributed by atoms with E-state index in [0.717, 1.165) is 25.1 Å². The highest BCUT2D eigenvalue weighted by molar-refractivity contribution is 5.56. The van der Waals surface area contributed by atoms with Gasteiger partial charge < -0.3 is 10.2 Å². The number of anilines is 1. The highest BCUT2D eigenvalue weighted by atomic mass is 19.1. The summed E-state index contributed by atoms with van der Waals surface area (Å²) in [4.78, 5) is 2.06. The number of nitrogens with one attached hydrogen (secondary N) is 1. The van der Waals surface area contributed by atoms with Gasteiger partial charge in [0.05, 0.1) is 5.69 Å². The van der Waals surface area contributed by atoms with E-state index in [4.69, 9.17) is 0 Å². The molecule has 19 heavy (non-hydrogen) atoms. The molecule has 0 aliphatic rings. The molecule has 3 heteroatoms. The van der Waals surface area contributed by atoms with Gasteiger partial charge in [-0.05, 0) is 31.5 Å². The highest BCUT2D eigenvalue weighted by Gasteiger charge is 2.18. The van der Waals surface area contributed by atoms with E-state index in [-0.39, 0.29) is 11.9 Å². The van der Waals surface area contributed by atoms with Crippen molar-refractivity contribution >= 4 is 5.69 Å². The minimum Gasteiger partial charge on any atom is -0.365 e. The third-order valence-corrected chi connectivity index (χ3v) is 3.15. The Kier molecular flexibility index (Phi) is 6.57. The fourth-order valence-electron chi connectivity index (χ4n) is 2.35. The van der Waals surface area contributed by atoms with Crippen molar-refractivity contribution in [3.8, 4) is 0 Å². The van der Waals surface area contributed by atoms with Crippen molar-refractivity contribution in [3.05, 3.63) is 42.2 Å². The number of nitrogens with zero attached hydrogens (tertiary/aromatic N) is 1. The van der Waals surface area contributed by atoms with Gasteiger partial charge in [-0.3, -0.25) is 0 Å². The predicted molar refractivity (Wildman–Crippen MR) is 81.2 cm³/mol. The Morgan fingerprint density at radius 3 is 2.74 bits per heavy atom. The summed E-state index contributed by atoms with van der Waals surface area (Å²) in [5.74, 6) is -0.155. The third-order valence-electron chi connectivity index (χ3n) is 3.15. The van der Waals surface area contributed by atoms with Crippen molar-refractivity contribution in [2.75, 3.05) is 24.5 Å². The zero-order valence-electron chi connectivity index (χ0n) is 12.2. The van der Waals surface area contributed by atoms with Gasteiger partial charge in [0.1, 0.15) is 5.82 Å². The van der Waals surface area contributed by atoms with Gasteiger partial charge in [0.25, 0.3) is 0 Å². The van der Waals surface area contributed by atoms with E-state index in [1.807, 2.05) is 12.1 Å². The molecular weight excluding hydrogens is 239 g/mol. The van der Waals surface area contributed by atoms with Crippen molar-refractivity contribution < 1.29 is 4.39 Å². The van der Waals surface area contributed by atoms with Gasteiger partial charge >= 0.3 is 0 Å². The van der Waals surface area contributed by atoms with Crippen LogP contribution in [0.25, 0.3) is 0 Å². The second-order valence-corrected chi connectivity index (χ2v) is 4.69. The van der Waals surface area contributed by atoms with Crippen molar-refractivity contribution in [2.45, 2.75) is 33.2 Å². The number of benzene rings is 1. The van der Waals surface area contributed by atoms with Gasteiger partial charge in [0.15, 0.2) is 0 Å². The highest BCUT2D eigenvalue weighted by Crippen LogP contribution is 2.29. The lowest BCUT2D eigenvalue weighted by Gasteiger charge is -2.28. The first-order chi connectivity index (χ1) is 9.15. The molecule has 0 aromatic heterocycles. The van der Waals surface area contributed by atoms with Crippen LogP contribution >= 0.6 is 0 Å². The van der Waals surface area contributed by atoms with Gasteiger partial charge in [0.2, 0.25) is 0 Å². The molecule has 0 heterocycles. The molecule has 1 N–H and O–H groups in total. The minimum atomic E-state index is -0.155. The molecule has 1 rings (SSSR count). The van der Waals surface area contributed by atoms with Gasteiger partial charge in [-0.2, -0.15) is 0 Å². The molecule has 1 aromatic carbocycles. The Morgan fingerprint density at radius 2 is 2.16 bits per heavy atom. The summed E-state index contributed by atoms with van der Waals surface area (Å²) < 4.78 is 14.2. The Hall–Kier alpha value is -1.35. The number of hydrogen-bond donors (Lipinski definition) is 1. The lowest BCUT2D eigenvalue weighted by Crippen LogP contribution is -2.28. The van der Waals surface area contributed by atoms with E-state index in [9.17, 15) is 4.39 Å². The zero-order chi connectivity index (χ0) is 14.3. The van der Waals surface area contributed by atoms with Crippen LogP contribution in [0.15, 0.2) is 30.9 Å². The van der Waals surface area contributed by atoms with Crippen LogP contribution in [0.2, 0.25) is 0 Å². The van der Waals surface area contributed by atoms with E-state index in [0.29, 0.717) is 12.2 Å². The molecule has 0 fully saturated rings. The monoisotopic (exact) mass is 264 g/mol. The first kappa shape index (κ1) is 15.7. The maximum Gasteiger partial charge on any atom is 0.146 e. The van der Waals surface area contributed by atoms with Crippen LogP contribution in [-0.2, 0) is 0 Å². The van der Waals surface area contributed by atoms with Gasteiger partial charge in [-0.25, -0.2) is 4.39 Å². The maximum atomic E-state index is 14.2. The molecule has 0 bridgehead atoms. The van der Waals surface area contributed by atoms with Crippen molar-refractivity contribution in [1.82, 2.24) is 5.32 Å². The van der Waals surface area contributed by atoms with E-state index >= 15 is 0 Å². The molecule has 0 amide bonds. The van der Waals surface area contributed by atoms with Gasteiger partial charge in [-0.1, -0.05) is 32.1 Å².